The van der Waals surface area contributed by atoms with Gasteiger partial charge in [-0.05, 0) is 85.9 Å². The molecule has 3 aliphatic rings. The molecule has 3 aromatic carbocycles. The molecule has 2 fully saturated rings. The zero-order valence-electron chi connectivity index (χ0n) is 26.7. The lowest BCUT2D eigenvalue weighted by atomic mass is 9.74. The Bertz CT molecular complexity index is 1690. The predicted molar refractivity (Wildman–Crippen MR) is 172 cm³/mol. The van der Waals surface area contributed by atoms with Gasteiger partial charge in [0.2, 0.25) is 0 Å². The average Bonchev–Trinajstić information content (AvgIpc) is 3.41. The number of halogens is 1. The first-order valence-corrected chi connectivity index (χ1v) is 16.8. The number of hydrogen-bond donors (Lipinski definition) is 0. The van der Waals surface area contributed by atoms with Crippen LogP contribution in [0.25, 0.3) is 11.1 Å². The van der Waals surface area contributed by atoms with E-state index in [4.69, 9.17) is 14.0 Å². The fourth-order valence-electron chi connectivity index (χ4n) is 6.72. The summed E-state index contributed by atoms with van der Waals surface area (Å²) in [5, 5.41) is 0. The van der Waals surface area contributed by atoms with E-state index in [9.17, 15) is 17.1 Å². The minimum Gasteiger partial charge on any atom is -0.448 e. The van der Waals surface area contributed by atoms with E-state index in [1.807, 2.05) is 58.0 Å². The standard InChI is InChI=1S/C34H40BFN2O6S/c1-22-24(19-30(23(2)31(22)45(36,40)41)35-43-33(3,4)34(5,6)44-35)20-37-15-17-38(18-16-37)32(39)42-21-29-27-13-9-7-11-25(27)26-12-8-10-14-28(26)29/h7-14,19,29H,15-18,20-21H2,1-6H3. The Hall–Kier alpha value is -3.25. The molecule has 45 heavy (non-hydrogen) atoms. The van der Waals surface area contributed by atoms with Crippen molar-refractivity contribution in [3.63, 3.8) is 0 Å². The van der Waals surface area contributed by atoms with Crippen molar-refractivity contribution in [1.82, 2.24) is 9.80 Å². The van der Waals surface area contributed by atoms with Gasteiger partial charge in [-0.1, -0.05) is 54.6 Å². The van der Waals surface area contributed by atoms with Gasteiger partial charge in [0.25, 0.3) is 0 Å². The predicted octanol–water partition coefficient (Wildman–Crippen LogP) is 5.33. The number of benzene rings is 3. The summed E-state index contributed by atoms with van der Waals surface area (Å²) in [4.78, 5) is 16.6. The van der Waals surface area contributed by atoms with Crippen molar-refractivity contribution in [3.05, 3.63) is 82.4 Å². The maximum atomic E-state index is 14.7. The summed E-state index contributed by atoms with van der Waals surface area (Å²) in [5.41, 5.74) is 5.25. The van der Waals surface area contributed by atoms with E-state index < -0.39 is 28.5 Å². The van der Waals surface area contributed by atoms with Crippen LogP contribution in [0.3, 0.4) is 0 Å². The highest BCUT2D eigenvalue weighted by molar-refractivity contribution is 7.86. The molecule has 2 aliphatic heterocycles. The Balaban J connectivity index is 1.13. The number of piperazine rings is 1. The molecule has 1 amide bonds. The quantitative estimate of drug-likeness (QED) is 0.268. The molecule has 0 aromatic heterocycles. The minimum atomic E-state index is -5.01. The van der Waals surface area contributed by atoms with Crippen LogP contribution >= 0.6 is 0 Å². The third kappa shape index (κ3) is 5.80. The molecule has 0 spiro atoms. The summed E-state index contributed by atoms with van der Waals surface area (Å²) in [5.74, 6) is -0.00805. The van der Waals surface area contributed by atoms with Crippen LogP contribution in [0.1, 0.15) is 61.4 Å². The number of amides is 1. The molecule has 0 unspecified atom stereocenters. The zero-order chi connectivity index (χ0) is 32.3. The first-order valence-electron chi connectivity index (χ1n) is 15.4. The largest absolute Gasteiger partial charge is 0.495 e. The lowest BCUT2D eigenvalue weighted by Gasteiger charge is -2.35. The molecule has 1 aliphatic carbocycles. The molecule has 0 N–H and O–H groups in total. The highest BCUT2D eigenvalue weighted by Crippen LogP contribution is 2.44. The number of rotatable bonds is 6. The normalized spacial score (nSPS) is 19.4. The van der Waals surface area contributed by atoms with Crippen molar-refractivity contribution in [3.8, 4) is 11.1 Å². The van der Waals surface area contributed by atoms with Crippen molar-refractivity contribution in [2.24, 2.45) is 0 Å². The van der Waals surface area contributed by atoms with Gasteiger partial charge in [0, 0.05) is 38.6 Å². The number of carbonyl (C=O) groups is 1. The molecule has 238 valence electrons. The van der Waals surface area contributed by atoms with E-state index in [0.29, 0.717) is 49.3 Å². The summed E-state index contributed by atoms with van der Waals surface area (Å²) in [6, 6.07) is 18.4. The fourth-order valence-corrected chi connectivity index (χ4v) is 7.70. The first kappa shape index (κ1) is 31.7. The van der Waals surface area contributed by atoms with E-state index in [1.165, 1.54) is 22.3 Å². The first-order chi connectivity index (χ1) is 21.2. The van der Waals surface area contributed by atoms with Gasteiger partial charge in [-0.2, -0.15) is 8.42 Å². The molecule has 2 saturated heterocycles. The minimum absolute atomic E-state index is 0.00805. The molecule has 2 heterocycles. The topological polar surface area (TPSA) is 85.4 Å². The Morgan fingerprint density at radius 2 is 1.44 bits per heavy atom. The smallest absolute Gasteiger partial charge is 0.448 e. The van der Waals surface area contributed by atoms with Crippen LogP contribution in [0.2, 0.25) is 0 Å². The Labute approximate surface area is 265 Å². The molecule has 0 atom stereocenters. The molecule has 3 aromatic rings. The maximum Gasteiger partial charge on any atom is 0.495 e. The van der Waals surface area contributed by atoms with Gasteiger partial charge in [-0.15, -0.1) is 3.89 Å². The third-order valence-electron chi connectivity index (χ3n) is 10.0. The number of carbonyl (C=O) groups excluding carboxylic acids is 1. The van der Waals surface area contributed by atoms with Crippen LogP contribution < -0.4 is 5.46 Å². The molecule has 8 nitrogen and oxygen atoms in total. The summed E-state index contributed by atoms with van der Waals surface area (Å²) >= 11 is 0. The maximum absolute atomic E-state index is 14.7. The van der Waals surface area contributed by atoms with Crippen LogP contribution in [0.5, 0.6) is 0 Å². The summed E-state index contributed by atoms with van der Waals surface area (Å²) < 4.78 is 57.6. The van der Waals surface area contributed by atoms with Crippen LogP contribution in [-0.2, 0) is 30.8 Å². The second kappa shape index (κ2) is 11.5. The molecular formula is C34H40BFN2O6S. The molecule has 0 bridgehead atoms. The highest BCUT2D eigenvalue weighted by Gasteiger charge is 2.52. The van der Waals surface area contributed by atoms with Crippen molar-refractivity contribution >= 4 is 28.9 Å². The van der Waals surface area contributed by atoms with Gasteiger partial charge in [-0.25, -0.2) is 4.79 Å². The van der Waals surface area contributed by atoms with Gasteiger partial charge in [0.1, 0.15) is 11.5 Å². The van der Waals surface area contributed by atoms with E-state index in [2.05, 4.69) is 29.2 Å². The highest BCUT2D eigenvalue weighted by atomic mass is 32.3. The number of fused-ring (bicyclic) bond motifs is 3. The van der Waals surface area contributed by atoms with E-state index in [-0.39, 0.29) is 29.1 Å². The Morgan fingerprint density at radius 3 is 1.98 bits per heavy atom. The van der Waals surface area contributed by atoms with Gasteiger partial charge in [0.15, 0.2) is 0 Å². The Kier molecular flexibility index (Phi) is 8.13. The number of nitrogens with zero attached hydrogens (tertiary/aromatic N) is 2. The third-order valence-corrected chi connectivity index (χ3v) is 11.1. The zero-order valence-corrected chi connectivity index (χ0v) is 27.5. The lowest BCUT2D eigenvalue weighted by molar-refractivity contribution is 0.00578. The second-order valence-corrected chi connectivity index (χ2v) is 14.6. The molecular weight excluding hydrogens is 594 g/mol. The summed E-state index contributed by atoms with van der Waals surface area (Å²) in [6.07, 6.45) is -0.350. The van der Waals surface area contributed by atoms with Crippen LogP contribution in [0.15, 0.2) is 59.5 Å². The van der Waals surface area contributed by atoms with Crippen molar-refractivity contribution in [2.75, 3.05) is 32.8 Å². The van der Waals surface area contributed by atoms with Gasteiger partial charge >= 0.3 is 23.4 Å². The fraction of sp³-hybridized carbons (Fsp3) is 0.441. The van der Waals surface area contributed by atoms with Crippen molar-refractivity contribution in [2.45, 2.75) is 70.1 Å². The van der Waals surface area contributed by atoms with Gasteiger partial charge in [-0.3, -0.25) is 4.90 Å². The lowest BCUT2D eigenvalue weighted by Crippen LogP contribution is -2.48. The molecule has 11 heteroatoms. The monoisotopic (exact) mass is 634 g/mol. The van der Waals surface area contributed by atoms with E-state index in [0.717, 1.165) is 0 Å². The van der Waals surface area contributed by atoms with Gasteiger partial charge < -0.3 is 18.9 Å². The summed E-state index contributed by atoms with van der Waals surface area (Å²) in [7, 11) is -5.84. The molecule has 0 radical (unpaired) electrons. The van der Waals surface area contributed by atoms with Crippen LogP contribution in [0, 0.1) is 13.8 Å². The van der Waals surface area contributed by atoms with Crippen molar-refractivity contribution in [1.29, 1.82) is 0 Å². The number of hydrogen-bond acceptors (Lipinski definition) is 7. The average molecular weight is 635 g/mol. The van der Waals surface area contributed by atoms with Crippen LogP contribution in [0.4, 0.5) is 8.68 Å². The van der Waals surface area contributed by atoms with Crippen molar-refractivity contribution < 1.29 is 31.1 Å². The second-order valence-electron chi connectivity index (χ2n) is 13.3. The van der Waals surface area contributed by atoms with Gasteiger partial charge in [0.05, 0.1) is 11.2 Å². The van der Waals surface area contributed by atoms with E-state index in [1.54, 1.807) is 18.7 Å². The number of ether oxygens (including phenoxy) is 1. The van der Waals surface area contributed by atoms with Crippen LogP contribution in [-0.4, -0.2) is 75.4 Å². The molecule has 0 saturated carbocycles. The summed E-state index contributed by atoms with van der Waals surface area (Å²) in [6.45, 7) is 13.6. The van der Waals surface area contributed by atoms with E-state index >= 15 is 0 Å². The Morgan fingerprint density at radius 1 is 0.911 bits per heavy atom. The molecule has 6 rings (SSSR count). The SMILES string of the molecule is Cc1c(CN2CCN(C(=O)OCC3c4ccccc4-c4ccccc43)CC2)cc(B2OC(C)(C)C(C)(C)O2)c(C)c1S(=O)(=O)F.